The first-order valence-corrected chi connectivity index (χ1v) is 7.81. The van der Waals surface area contributed by atoms with Crippen LogP contribution in [0.1, 0.15) is 45.6 Å². The maximum Gasteiger partial charge on any atom is 0.126 e. The summed E-state index contributed by atoms with van der Waals surface area (Å²) in [5.41, 5.74) is 0.867. The van der Waals surface area contributed by atoms with Crippen molar-refractivity contribution in [3.8, 4) is 11.5 Å². The zero-order chi connectivity index (χ0) is 15.6. The molecule has 1 aliphatic rings. The second-order valence-corrected chi connectivity index (χ2v) is 6.85. The molecule has 3 unspecified atom stereocenters. The van der Waals surface area contributed by atoms with E-state index in [0.717, 1.165) is 29.9 Å². The van der Waals surface area contributed by atoms with Gasteiger partial charge in [-0.1, -0.05) is 33.3 Å². The van der Waals surface area contributed by atoms with Crippen molar-refractivity contribution in [3.05, 3.63) is 23.8 Å². The van der Waals surface area contributed by atoms with E-state index in [4.69, 9.17) is 9.47 Å². The number of benzene rings is 1. The highest BCUT2D eigenvalue weighted by Gasteiger charge is 2.42. The third-order valence-corrected chi connectivity index (χ3v) is 5.08. The molecule has 3 atom stereocenters. The third-order valence-electron chi connectivity index (χ3n) is 5.08. The van der Waals surface area contributed by atoms with E-state index in [9.17, 15) is 5.11 Å². The first-order valence-electron chi connectivity index (χ1n) is 7.81. The van der Waals surface area contributed by atoms with Crippen molar-refractivity contribution in [2.24, 2.45) is 11.8 Å². The third kappa shape index (κ3) is 3.03. The number of aliphatic hydroxyl groups excluding tert-OH is 1. The Morgan fingerprint density at radius 3 is 2.14 bits per heavy atom. The maximum atomic E-state index is 10.6. The molecule has 1 aromatic carbocycles. The molecule has 0 spiro atoms. The molecule has 0 saturated heterocycles. The highest BCUT2D eigenvalue weighted by Crippen LogP contribution is 2.48. The average Bonchev–Trinajstić information content (AvgIpc) is 2.45. The molecule has 1 saturated carbocycles. The number of hydrogen-bond acceptors (Lipinski definition) is 3. The standard InChI is InChI=1S/C18H28O3/c1-12-9-10-13(14(19)11-12)18(2,3)17-15(20-4)7-6-8-16(17)21-5/h6-8,12-14,19H,9-11H2,1-5H3. The van der Waals surface area contributed by atoms with Crippen molar-refractivity contribution in [2.75, 3.05) is 14.2 Å². The van der Waals surface area contributed by atoms with Crippen molar-refractivity contribution < 1.29 is 14.6 Å². The van der Waals surface area contributed by atoms with Gasteiger partial charge in [0, 0.05) is 11.0 Å². The SMILES string of the molecule is COc1cccc(OC)c1C(C)(C)C1CCC(C)CC1O. The fourth-order valence-corrected chi connectivity index (χ4v) is 3.86. The van der Waals surface area contributed by atoms with Gasteiger partial charge in [0.25, 0.3) is 0 Å². The normalized spacial score (nSPS) is 26.5. The summed E-state index contributed by atoms with van der Waals surface area (Å²) in [5, 5.41) is 10.6. The molecule has 2 rings (SSSR count). The van der Waals surface area contributed by atoms with Crippen LogP contribution in [-0.2, 0) is 5.41 Å². The van der Waals surface area contributed by atoms with Gasteiger partial charge in [0.15, 0.2) is 0 Å². The molecule has 1 aromatic rings. The molecular weight excluding hydrogens is 264 g/mol. The van der Waals surface area contributed by atoms with E-state index in [1.165, 1.54) is 6.42 Å². The number of hydrogen-bond donors (Lipinski definition) is 1. The van der Waals surface area contributed by atoms with Gasteiger partial charge in [0.05, 0.1) is 20.3 Å². The quantitative estimate of drug-likeness (QED) is 0.918. The van der Waals surface area contributed by atoms with E-state index in [1.54, 1.807) is 14.2 Å². The van der Waals surface area contributed by atoms with E-state index >= 15 is 0 Å². The van der Waals surface area contributed by atoms with Gasteiger partial charge in [-0.15, -0.1) is 0 Å². The van der Waals surface area contributed by atoms with Crippen LogP contribution < -0.4 is 9.47 Å². The second-order valence-electron chi connectivity index (χ2n) is 6.85. The molecule has 1 N–H and O–H groups in total. The van der Waals surface area contributed by atoms with E-state index in [0.29, 0.717) is 5.92 Å². The molecular formula is C18H28O3. The predicted octanol–water partition coefficient (Wildman–Crippen LogP) is 3.78. The first kappa shape index (κ1) is 16.2. The van der Waals surface area contributed by atoms with Crippen LogP contribution >= 0.6 is 0 Å². The molecule has 3 heteroatoms. The van der Waals surface area contributed by atoms with Crippen LogP contribution in [0, 0.1) is 11.8 Å². The number of ether oxygens (including phenoxy) is 2. The minimum absolute atomic E-state index is 0.197. The summed E-state index contributed by atoms with van der Waals surface area (Å²) in [5.74, 6) is 2.50. The molecule has 0 aliphatic heterocycles. The van der Waals surface area contributed by atoms with Crippen molar-refractivity contribution in [3.63, 3.8) is 0 Å². The molecule has 0 radical (unpaired) electrons. The molecule has 0 heterocycles. The van der Waals surface area contributed by atoms with Gasteiger partial charge in [0.1, 0.15) is 11.5 Å². The lowest BCUT2D eigenvalue weighted by Crippen LogP contribution is -2.41. The van der Waals surface area contributed by atoms with E-state index < -0.39 is 0 Å². The molecule has 1 aliphatic carbocycles. The highest BCUT2D eigenvalue weighted by molar-refractivity contribution is 5.49. The van der Waals surface area contributed by atoms with Gasteiger partial charge < -0.3 is 14.6 Å². The summed E-state index contributed by atoms with van der Waals surface area (Å²) in [7, 11) is 3.38. The Bertz CT molecular complexity index is 459. The highest BCUT2D eigenvalue weighted by atomic mass is 16.5. The summed E-state index contributed by atoms with van der Waals surface area (Å²) in [6, 6.07) is 5.88. The summed E-state index contributed by atoms with van der Waals surface area (Å²) >= 11 is 0. The zero-order valence-corrected chi connectivity index (χ0v) is 13.8. The largest absolute Gasteiger partial charge is 0.496 e. The van der Waals surface area contributed by atoms with Gasteiger partial charge in [0.2, 0.25) is 0 Å². The monoisotopic (exact) mass is 292 g/mol. The second kappa shape index (κ2) is 6.27. The maximum absolute atomic E-state index is 10.6. The van der Waals surface area contributed by atoms with Crippen molar-refractivity contribution in [1.82, 2.24) is 0 Å². The van der Waals surface area contributed by atoms with Crippen LogP contribution in [0.4, 0.5) is 0 Å². The van der Waals surface area contributed by atoms with Crippen molar-refractivity contribution in [1.29, 1.82) is 0 Å². The average molecular weight is 292 g/mol. The van der Waals surface area contributed by atoms with E-state index in [1.807, 2.05) is 18.2 Å². The molecule has 0 amide bonds. The Morgan fingerprint density at radius 1 is 1.10 bits per heavy atom. The smallest absolute Gasteiger partial charge is 0.126 e. The van der Waals surface area contributed by atoms with Crippen LogP contribution in [0.2, 0.25) is 0 Å². The Labute approximate surface area is 128 Å². The lowest BCUT2D eigenvalue weighted by molar-refractivity contribution is 0.0132. The predicted molar refractivity (Wildman–Crippen MR) is 85.1 cm³/mol. The summed E-state index contributed by atoms with van der Waals surface area (Å²) in [6.07, 6.45) is 2.82. The Hall–Kier alpha value is -1.22. The van der Waals surface area contributed by atoms with Gasteiger partial charge in [-0.3, -0.25) is 0 Å². The Kier molecular flexibility index (Phi) is 4.82. The van der Waals surface area contributed by atoms with Crippen LogP contribution in [-0.4, -0.2) is 25.4 Å². The lowest BCUT2D eigenvalue weighted by Gasteiger charge is -2.43. The van der Waals surface area contributed by atoms with Gasteiger partial charge in [-0.25, -0.2) is 0 Å². The summed E-state index contributed by atoms with van der Waals surface area (Å²) in [6.45, 7) is 6.60. The first-order chi connectivity index (χ1) is 9.91. The molecule has 21 heavy (non-hydrogen) atoms. The number of rotatable bonds is 4. The van der Waals surface area contributed by atoms with Crippen molar-refractivity contribution in [2.45, 2.75) is 51.6 Å². The fraction of sp³-hybridized carbons (Fsp3) is 0.667. The topological polar surface area (TPSA) is 38.7 Å². The van der Waals surface area contributed by atoms with Crippen LogP contribution in [0.25, 0.3) is 0 Å². The Morgan fingerprint density at radius 2 is 1.67 bits per heavy atom. The van der Waals surface area contributed by atoms with Crippen LogP contribution in [0.3, 0.4) is 0 Å². The molecule has 0 bridgehead atoms. The van der Waals surface area contributed by atoms with Gasteiger partial charge in [-0.05, 0) is 36.8 Å². The minimum Gasteiger partial charge on any atom is -0.496 e. The fourth-order valence-electron chi connectivity index (χ4n) is 3.86. The zero-order valence-electron chi connectivity index (χ0n) is 13.8. The van der Waals surface area contributed by atoms with Crippen molar-refractivity contribution >= 4 is 0 Å². The van der Waals surface area contributed by atoms with Crippen LogP contribution in [0.5, 0.6) is 11.5 Å². The molecule has 1 fully saturated rings. The van der Waals surface area contributed by atoms with Crippen LogP contribution in [0.15, 0.2) is 18.2 Å². The molecule has 3 nitrogen and oxygen atoms in total. The van der Waals surface area contributed by atoms with Gasteiger partial charge in [-0.2, -0.15) is 0 Å². The minimum atomic E-state index is -0.265. The van der Waals surface area contributed by atoms with Gasteiger partial charge >= 0.3 is 0 Å². The number of aliphatic hydroxyl groups is 1. The lowest BCUT2D eigenvalue weighted by atomic mass is 9.64. The Balaban J connectivity index is 2.43. The molecule has 118 valence electrons. The summed E-state index contributed by atoms with van der Waals surface area (Å²) < 4.78 is 11.1. The van der Waals surface area contributed by atoms with E-state index in [-0.39, 0.29) is 17.4 Å². The molecule has 0 aromatic heterocycles. The summed E-state index contributed by atoms with van der Waals surface area (Å²) in [4.78, 5) is 0. The van der Waals surface area contributed by atoms with E-state index in [2.05, 4.69) is 20.8 Å². The number of methoxy groups -OCH3 is 2.